The van der Waals surface area contributed by atoms with Crippen LogP contribution in [0.2, 0.25) is 0 Å². The maximum Gasteiger partial charge on any atom is 0.0955 e. The van der Waals surface area contributed by atoms with Crippen LogP contribution in [-0.4, -0.2) is 60.1 Å². The summed E-state index contributed by atoms with van der Waals surface area (Å²) in [6, 6.07) is 0. The van der Waals surface area contributed by atoms with Crippen molar-refractivity contribution in [3.8, 4) is 0 Å². The van der Waals surface area contributed by atoms with Crippen LogP contribution in [-0.2, 0) is 0 Å². The van der Waals surface area contributed by atoms with E-state index in [4.69, 9.17) is 10.5 Å². The van der Waals surface area contributed by atoms with Crippen LogP contribution >= 0.6 is 0 Å². The third kappa shape index (κ3) is 3.27. The molecule has 1 heterocycles. The van der Waals surface area contributed by atoms with Crippen molar-refractivity contribution in [1.82, 2.24) is 9.80 Å². The van der Waals surface area contributed by atoms with Crippen molar-refractivity contribution < 1.29 is 5.11 Å². The Labute approximate surface area is 86.0 Å². The van der Waals surface area contributed by atoms with Crippen molar-refractivity contribution in [2.45, 2.75) is 19.8 Å². The molecule has 1 aliphatic rings. The number of hydrogen-bond donors (Lipinski definition) is 2. The van der Waals surface area contributed by atoms with Crippen molar-refractivity contribution in [2.75, 3.05) is 39.3 Å². The third-order valence-corrected chi connectivity index (χ3v) is 2.72. The molecule has 1 aliphatic heterocycles. The maximum absolute atomic E-state index is 8.83. The molecule has 4 nitrogen and oxygen atoms in total. The zero-order valence-corrected chi connectivity index (χ0v) is 9.00. The van der Waals surface area contributed by atoms with Crippen LogP contribution in [0.15, 0.2) is 0 Å². The zero-order valence-electron chi connectivity index (χ0n) is 9.00. The zero-order chi connectivity index (χ0) is 10.4. The van der Waals surface area contributed by atoms with Gasteiger partial charge in [-0.3, -0.25) is 10.3 Å². The van der Waals surface area contributed by atoms with Crippen LogP contribution in [0.3, 0.4) is 0 Å². The summed E-state index contributed by atoms with van der Waals surface area (Å²) in [4.78, 5) is 4.42. The van der Waals surface area contributed by atoms with E-state index in [9.17, 15) is 0 Å². The summed E-state index contributed by atoms with van der Waals surface area (Å²) in [5.74, 6) is 0.746. The fourth-order valence-corrected chi connectivity index (χ4v) is 1.83. The van der Waals surface area contributed by atoms with Gasteiger partial charge in [-0.1, -0.05) is 6.92 Å². The SMILES string of the molecule is CCC(=N)N1CCCN(CCO)CC1. The summed E-state index contributed by atoms with van der Waals surface area (Å²) < 4.78 is 0. The van der Waals surface area contributed by atoms with Crippen molar-refractivity contribution in [3.63, 3.8) is 0 Å². The summed E-state index contributed by atoms with van der Waals surface area (Å²) in [6.07, 6.45) is 1.92. The van der Waals surface area contributed by atoms with Gasteiger partial charge in [-0.25, -0.2) is 0 Å². The molecule has 0 aromatic carbocycles. The molecule has 0 bridgehead atoms. The highest BCUT2D eigenvalue weighted by molar-refractivity contribution is 5.78. The summed E-state index contributed by atoms with van der Waals surface area (Å²) in [5.41, 5.74) is 0. The van der Waals surface area contributed by atoms with Crippen LogP contribution in [0.5, 0.6) is 0 Å². The molecule has 0 saturated carbocycles. The fraction of sp³-hybridized carbons (Fsp3) is 0.900. The highest BCUT2D eigenvalue weighted by Crippen LogP contribution is 2.04. The number of hydrogen-bond acceptors (Lipinski definition) is 3. The van der Waals surface area contributed by atoms with Gasteiger partial charge in [0.1, 0.15) is 0 Å². The molecule has 0 spiro atoms. The van der Waals surface area contributed by atoms with Gasteiger partial charge in [-0.15, -0.1) is 0 Å². The Morgan fingerprint density at radius 3 is 2.71 bits per heavy atom. The highest BCUT2D eigenvalue weighted by atomic mass is 16.3. The van der Waals surface area contributed by atoms with Crippen molar-refractivity contribution in [2.24, 2.45) is 0 Å². The lowest BCUT2D eigenvalue weighted by Gasteiger charge is -2.23. The van der Waals surface area contributed by atoms with Gasteiger partial charge >= 0.3 is 0 Å². The average molecular weight is 199 g/mol. The van der Waals surface area contributed by atoms with Gasteiger partial charge in [-0.05, 0) is 13.0 Å². The number of nitrogens with zero attached hydrogens (tertiary/aromatic N) is 2. The lowest BCUT2D eigenvalue weighted by atomic mass is 10.3. The Hall–Kier alpha value is -0.610. The van der Waals surface area contributed by atoms with Crippen LogP contribution in [0.1, 0.15) is 19.8 Å². The Kier molecular flexibility index (Phi) is 4.90. The standard InChI is InChI=1S/C10H21N3O/c1-2-10(11)13-5-3-4-12(6-7-13)8-9-14/h11,14H,2-9H2,1H3. The molecule has 0 unspecified atom stereocenters. The molecule has 0 aromatic rings. The largest absolute Gasteiger partial charge is 0.395 e. The summed E-state index contributed by atoms with van der Waals surface area (Å²) in [5, 5.41) is 16.6. The summed E-state index contributed by atoms with van der Waals surface area (Å²) >= 11 is 0. The number of β-amino-alcohol motifs (C(OH)–C–C–N with tert-alkyl or cyclic N) is 1. The Morgan fingerprint density at radius 1 is 1.29 bits per heavy atom. The first-order chi connectivity index (χ1) is 6.77. The minimum Gasteiger partial charge on any atom is -0.395 e. The van der Waals surface area contributed by atoms with Crippen molar-refractivity contribution in [3.05, 3.63) is 0 Å². The monoisotopic (exact) mass is 199 g/mol. The van der Waals surface area contributed by atoms with E-state index in [1.165, 1.54) is 0 Å². The average Bonchev–Trinajstić information content (AvgIpc) is 2.43. The van der Waals surface area contributed by atoms with Gasteiger partial charge in [-0.2, -0.15) is 0 Å². The number of nitrogens with one attached hydrogen (secondary N) is 1. The van der Waals surface area contributed by atoms with Gasteiger partial charge in [0.25, 0.3) is 0 Å². The van der Waals surface area contributed by atoms with E-state index < -0.39 is 0 Å². The maximum atomic E-state index is 8.83. The molecule has 0 aromatic heterocycles. The number of aliphatic hydroxyl groups is 1. The molecular formula is C10H21N3O. The van der Waals surface area contributed by atoms with E-state index in [1.807, 2.05) is 6.92 Å². The summed E-state index contributed by atoms with van der Waals surface area (Å²) in [7, 11) is 0. The minimum atomic E-state index is 0.241. The first-order valence-corrected chi connectivity index (χ1v) is 5.43. The normalized spacial score (nSPS) is 19.4. The van der Waals surface area contributed by atoms with E-state index >= 15 is 0 Å². The van der Waals surface area contributed by atoms with Gasteiger partial charge in [0.05, 0.1) is 12.4 Å². The molecule has 1 fully saturated rings. The predicted octanol–water partition coefficient (Wildman–Crippen LogP) is 0.374. The van der Waals surface area contributed by atoms with Crippen LogP contribution in [0, 0.1) is 5.41 Å². The highest BCUT2D eigenvalue weighted by Gasteiger charge is 2.15. The quantitative estimate of drug-likeness (QED) is 0.510. The second-order valence-electron chi connectivity index (χ2n) is 3.71. The first-order valence-electron chi connectivity index (χ1n) is 5.43. The topological polar surface area (TPSA) is 50.6 Å². The first kappa shape index (κ1) is 11.5. The molecule has 1 saturated heterocycles. The lowest BCUT2D eigenvalue weighted by molar-refractivity contribution is 0.201. The lowest BCUT2D eigenvalue weighted by Crippen LogP contribution is -2.35. The molecule has 4 heteroatoms. The molecule has 82 valence electrons. The van der Waals surface area contributed by atoms with E-state index in [0.717, 1.165) is 51.4 Å². The molecule has 2 N–H and O–H groups in total. The van der Waals surface area contributed by atoms with E-state index in [-0.39, 0.29) is 6.61 Å². The predicted molar refractivity (Wildman–Crippen MR) is 57.7 cm³/mol. The molecule has 0 radical (unpaired) electrons. The summed E-state index contributed by atoms with van der Waals surface area (Å²) in [6.45, 7) is 7.00. The third-order valence-electron chi connectivity index (χ3n) is 2.72. The van der Waals surface area contributed by atoms with Crippen LogP contribution in [0.4, 0.5) is 0 Å². The molecule has 14 heavy (non-hydrogen) atoms. The van der Waals surface area contributed by atoms with Crippen molar-refractivity contribution >= 4 is 5.84 Å². The minimum absolute atomic E-state index is 0.241. The van der Waals surface area contributed by atoms with Crippen LogP contribution in [0.25, 0.3) is 0 Å². The van der Waals surface area contributed by atoms with Crippen LogP contribution < -0.4 is 0 Å². The number of aliphatic hydroxyl groups excluding tert-OH is 1. The van der Waals surface area contributed by atoms with E-state index in [1.54, 1.807) is 0 Å². The van der Waals surface area contributed by atoms with E-state index in [0.29, 0.717) is 0 Å². The van der Waals surface area contributed by atoms with Gasteiger partial charge in [0, 0.05) is 32.6 Å². The Balaban J connectivity index is 2.36. The molecule has 0 amide bonds. The molecule has 0 aliphatic carbocycles. The van der Waals surface area contributed by atoms with Gasteiger partial charge < -0.3 is 10.0 Å². The second kappa shape index (κ2) is 5.98. The van der Waals surface area contributed by atoms with E-state index in [2.05, 4.69) is 9.80 Å². The molecular weight excluding hydrogens is 178 g/mol. The fourth-order valence-electron chi connectivity index (χ4n) is 1.83. The second-order valence-corrected chi connectivity index (χ2v) is 3.71. The number of rotatable bonds is 3. The van der Waals surface area contributed by atoms with Crippen molar-refractivity contribution in [1.29, 1.82) is 5.41 Å². The number of amidine groups is 1. The smallest absolute Gasteiger partial charge is 0.0955 e. The Bertz CT molecular complexity index is 184. The van der Waals surface area contributed by atoms with Gasteiger partial charge in [0.2, 0.25) is 0 Å². The molecule has 0 atom stereocenters. The molecule has 1 rings (SSSR count). The van der Waals surface area contributed by atoms with Gasteiger partial charge in [0.15, 0.2) is 0 Å². The Morgan fingerprint density at radius 2 is 2.07 bits per heavy atom.